The fraction of sp³-hybridized carbons (Fsp3) is 0.238. The van der Waals surface area contributed by atoms with Crippen LogP contribution in [0.5, 0.6) is 0 Å². The van der Waals surface area contributed by atoms with Crippen LogP contribution in [0.15, 0.2) is 60.7 Å². The van der Waals surface area contributed by atoms with Crippen molar-refractivity contribution in [3.05, 3.63) is 83.0 Å². The molecule has 26 heavy (non-hydrogen) atoms. The predicted octanol–water partition coefficient (Wildman–Crippen LogP) is 3.67. The molecule has 2 N–H and O–H groups in total. The molecular formula is C21H22N4O. The zero-order valence-electron chi connectivity index (χ0n) is 14.8. The SMILES string of the molecule is CC(c1ccccc1)N1Cc2n[nH]c(NC(=O)Cc3ccccc3)c2C1. The van der Waals surface area contributed by atoms with Crippen LogP contribution in [0.25, 0.3) is 0 Å². The number of rotatable bonds is 5. The van der Waals surface area contributed by atoms with E-state index >= 15 is 0 Å². The Morgan fingerprint density at radius 2 is 1.81 bits per heavy atom. The second-order valence-corrected chi connectivity index (χ2v) is 6.73. The van der Waals surface area contributed by atoms with Crippen LogP contribution >= 0.6 is 0 Å². The lowest BCUT2D eigenvalue weighted by molar-refractivity contribution is -0.115. The molecule has 2 heterocycles. The number of carbonyl (C=O) groups excluding carboxylic acids is 1. The Morgan fingerprint density at radius 3 is 2.54 bits per heavy atom. The van der Waals surface area contributed by atoms with E-state index in [4.69, 9.17) is 0 Å². The second kappa shape index (κ2) is 7.14. The summed E-state index contributed by atoms with van der Waals surface area (Å²) in [5, 5.41) is 10.4. The van der Waals surface area contributed by atoms with Crippen molar-refractivity contribution in [1.82, 2.24) is 15.1 Å². The van der Waals surface area contributed by atoms with Crippen LogP contribution in [0.3, 0.4) is 0 Å². The molecule has 1 aromatic heterocycles. The maximum Gasteiger partial charge on any atom is 0.229 e. The normalized spacial score (nSPS) is 14.8. The van der Waals surface area contributed by atoms with Gasteiger partial charge in [-0.1, -0.05) is 60.7 Å². The van der Waals surface area contributed by atoms with Gasteiger partial charge in [0, 0.05) is 24.7 Å². The van der Waals surface area contributed by atoms with Crippen molar-refractivity contribution in [2.45, 2.75) is 32.5 Å². The number of aromatic nitrogens is 2. The first kappa shape index (κ1) is 16.5. The minimum absolute atomic E-state index is 0.0304. The molecule has 1 aliphatic heterocycles. The van der Waals surface area contributed by atoms with Crippen molar-refractivity contribution >= 4 is 11.7 Å². The number of benzene rings is 2. The van der Waals surface area contributed by atoms with Gasteiger partial charge in [0.25, 0.3) is 0 Å². The minimum atomic E-state index is -0.0304. The quantitative estimate of drug-likeness (QED) is 0.741. The second-order valence-electron chi connectivity index (χ2n) is 6.73. The number of nitrogens with zero attached hydrogens (tertiary/aromatic N) is 2. The summed E-state index contributed by atoms with van der Waals surface area (Å²) in [7, 11) is 0. The Balaban J connectivity index is 1.43. The topological polar surface area (TPSA) is 61.0 Å². The number of aromatic amines is 1. The molecule has 1 unspecified atom stereocenters. The number of anilines is 1. The standard InChI is InChI=1S/C21H22N4O/c1-15(17-10-6-3-7-11-17)25-13-18-19(14-25)23-24-21(18)22-20(26)12-16-8-4-2-5-9-16/h2-11,15H,12-14H2,1H3,(H2,22,23,24,26). The Hall–Kier alpha value is -2.92. The summed E-state index contributed by atoms with van der Waals surface area (Å²) in [6, 6.07) is 20.5. The molecular weight excluding hydrogens is 324 g/mol. The lowest BCUT2D eigenvalue weighted by Crippen LogP contribution is -2.22. The van der Waals surface area contributed by atoms with E-state index in [9.17, 15) is 4.79 Å². The Labute approximate surface area is 153 Å². The van der Waals surface area contributed by atoms with Gasteiger partial charge in [0.15, 0.2) is 0 Å². The summed E-state index contributed by atoms with van der Waals surface area (Å²) in [5.74, 6) is 0.695. The summed E-state index contributed by atoms with van der Waals surface area (Å²) in [6.07, 6.45) is 0.360. The first-order chi connectivity index (χ1) is 12.7. The molecule has 0 saturated heterocycles. The molecule has 0 radical (unpaired) electrons. The highest BCUT2D eigenvalue weighted by molar-refractivity contribution is 5.92. The zero-order chi connectivity index (χ0) is 17.9. The molecule has 1 aliphatic rings. The number of hydrogen-bond donors (Lipinski definition) is 2. The Kier molecular flexibility index (Phi) is 4.54. The van der Waals surface area contributed by atoms with Crippen molar-refractivity contribution in [2.75, 3.05) is 5.32 Å². The van der Waals surface area contributed by atoms with Crippen molar-refractivity contribution in [3.8, 4) is 0 Å². The van der Waals surface area contributed by atoms with Crippen LogP contribution in [0.2, 0.25) is 0 Å². The predicted molar refractivity (Wildman–Crippen MR) is 101 cm³/mol. The van der Waals surface area contributed by atoms with Crippen molar-refractivity contribution < 1.29 is 4.79 Å². The summed E-state index contributed by atoms with van der Waals surface area (Å²) >= 11 is 0. The minimum Gasteiger partial charge on any atom is -0.311 e. The molecule has 0 fully saturated rings. The van der Waals surface area contributed by atoms with Gasteiger partial charge in [0.05, 0.1) is 12.1 Å². The Morgan fingerprint density at radius 1 is 1.12 bits per heavy atom. The largest absolute Gasteiger partial charge is 0.311 e. The molecule has 1 atom stereocenters. The first-order valence-corrected chi connectivity index (χ1v) is 8.89. The number of nitrogens with one attached hydrogen (secondary N) is 2. The average molecular weight is 346 g/mol. The molecule has 0 saturated carbocycles. The van der Waals surface area contributed by atoms with Gasteiger partial charge in [0.1, 0.15) is 5.82 Å². The molecule has 3 aromatic rings. The maximum absolute atomic E-state index is 12.3. The van der Waals surface area contributed by atoms with Gasteiger partial charge in [-0.25, -0.2) is 0 Å². The van der Waals surface area contributed by atoms with Crippen LogP contribution < -0.4 is 5.32 Å². The van der Waals surface area contributed by atoms with Gasteiger partial charge in [-0.05, 0) is 18.1 Å². The molecule has 132 valence electrons. The monoisotopic (exact) mass is 346 g/mol. The Bertz CT molecular complexity index is 889. The number of amides is 1. The average Bonchev–Trinajstić information content (AvgIpc) is 3.25. The lowest BCUT2D eigenvalue weighted by atomic mass is 10.1. The fourth-order valence-corrected chi connectivity index (χ4v) is 3.44. The molecule has 0 aliphatic carbocycles. The van der Waals surface area contributed by atoms with Crippen LogP contribution in [0, 0.1) is 0 Å². The fourth-order valence-electron chi connectivity index (χ4n) is 3.44. The van der Waals surface area contributed by atoms with Crippen LogP contribution in [-0.2, 0) is 24.3 Å². The first-order valence-electron chi connectivity index (χ1n) is 8.89. The molecule has 4 rings (SSSR count). The summed E-state index contributed by atoms with van der Waals surface area (Å²) < 4.78 is 0. The molecule has 2 aromatic carbocycles. The van der Waals surface area contributed by atoms with Gasteiger partial charge in [-0.2, -0.15) is 5.10 Å². The highest BCUT2D eigenvalue weighted by Gasteiger charge is 2.29. The van der Waals surface area contributed by atoms with Crippen molar-refractivity contribution in [2.24, 2.45) is 0 Å². The van der Waals surface area contributed by atoms with E-state index < -0.39 is 0 Å². The van der Waals surface area contributed by atoms with Crippen LogP contribution in [-0.4, -0.2) is 21.0 Å². The lowest BCUT2D eigenvalue weighted by Gasteiger charge is -2.24. The molecule has 0 bridgehead atoms. The van der Waals surface area contributed by atoms with E-state index in [0.717, 1.165) is 35.7 Å². The van der Waals surface area contributed by atoms with Gasteiger partial charge in [-0.3, -0.25) is 14.8 Å². The van der Waals surface area contributed by atoms with E-state index in [2.05, 4.69) is 51.6 Å². The van der Waals surface area contributed by atoms with Crippen LogP contribution in [0.4, 0.5) is 5.82 Å². The number of carbonyl (C=O) groups is 1. The number of hydrogen-bond acceptors (Lipinski definition) is 3. The molecule has 0 spiro atoms. The van der Waals surface area contributed by atoms with Gasteiger partial charge < -0.3 is 5.32 Å². The van der Waals surface area contributed by atoms with E-state index in [0.29, 0.717) is 12.5 Å². The third kappa shape index (κ3) is 3.39. The highest BCUT2D eigenvalue weighted by atomic mass is 16.1. The maximum atomic E-state index is 12.3. The number of H-pyrrole nitrogens is 1. The summed E-state index contributed by atoms with van der Waals surface area (Å²) in [5.41, 5.74) is 4.40. The molecule has 5 nitrogen and oxygen atoms in total. The number of fused-ring (bicyclic) bond motifs is 1. The van der Waals surface area contributed by atoms with E-state index in [1.54, 1.807) is 0 Å². The molecule has 1 amide bonds. The zero-order valence-corrected chi connectivity index (χ0v) is 14.8. The van der Waals surface area contributed by atoms with Crippen LogP contribution in [0.1, 0.15) is 35.3 Å². The van der Waals surface area contributed by atoms with E-state index in [-0.39, 0.29) is 5.91 Å². The highest BCUT2D eigenvalue weighted by Crippen LogP contribution is 2.33. The molecule has 5 heteroatoms. The van der Waals surface area contributed by atoms with E-state index in [1.807, 2.05) is 36.4 Å². The third-order valence-electron chi connectivity index (χ3n) is 4.97. The third-order valence-corrected chi connectivity index (χ3v) is 4.97. The van der Waals surface area contributed by atoms with Crippen molar-refractivity contribution in [1.29, 1.82) is 0 Å². The summed E-state index contributed by atoms with van der Waals surface area (Å²) in [6.45, 7) is 3.78. The smallest absolute Gasteiger partial charge is 0.229 e. The van der Waals surface area contributed by atoms with Gasteiger partial charge in [0.2, 0.25) is 5.91 Å². The van der Waals surface area contributed by atoms with Crippen molar-refractivity contribution in [3.63, 3.8) is 0 Å². The van der Waals surface area contributed by atoms with Gasteiger partial charge >= 0.3 is 0 Å². The summed E-state index contributed by atoms with van der Waals surface area (Å²) in [4.78, 5) is 14.7. The van der Waals surface area contributed by atoms with E-state index in [1.165, 1.54) is 5.56 Å². The van der Waals surface area contributed by atoms with Gasteiger partial charge in [-0.15, -0.1) is 0 Å².